The van der Waals surface area contributed by atoms with Crippen LogP contribution >= 0.6 is 0 Å². The van der Waals surface area contributed by atoms with Crippen LogP contribution in [-0.4, -0.2) is 55.2 Å². The van der Waals surface area contributed by atoms with Gasteiger partial charge >= 0.3 is 5.97 Å². The summed E-state index contributed by atoms with van der Waals surface area (Å²) in [5.74, 6) is -0.751. The minimum Gasteiger partial charge on any atom is -0.481 e. The summed E-state index contributed by atoms with van der Waals surface area (Å²) in [6.45, 7) is 2.70. The first-order valence-electron chi connectivity index (χ1n) is 7.33. The lowest BCUT2D eigenvalue weighted by Crippen LogP contribution is -2.46. The van der Waals surface area contributed by atoms with Crippen LogP contribution in [0.25, 0.3) is 0 Å². The summed E-state index contributed by atoms with van der Waals surface area (Å²) in [6, 6.07) is -0.0917. The number of rotatable bonds is 8. The Morgan fingerprint density at radius 3 is 2.29 bits per heavy atom. The van der Waals surface area contributed by atoms with Crippen LogP contribution in [0.3, 0.4) is 0 Å². The second kappa shape index (κ2) is 8.33. The van der Waals surface area contributed by atoms with Gasteiger partial charge in [-0.25, -0.2) is 13.1 Å². The summed E-state index contributed by atoms with van der Waals surface area (Å²) >= 11 is 0. The van der Waals surface area contributed by atoms with Crippen LogP contribution in [0.5, 0.6) is 0 Å². The zero-order valence-corrected chi connectivity index (χ0v) is 13.2. The maximum absolute atomic E-state index is 11.9. The molecule has 1 amide bonds. The van der Waals surface area contributed by atoms with E-state index < -0.39 is 16.0 Å². The van der Waals surface area contributed by atoms with Gasteiger partial charge in [-0.05, 0) is 32.6 Å². The number of carboxylic acid groups (broad SMARTS) is 1. The number of carbonyl (C=O) groups excluding carboxylic acids is 1. The molecule has 0 radical (unpaired) electrons. The number of aliphatic carboxylic acids is 1. The predicted octanol–water partition coefficient (Wildman–Crippen LogP) is 0.562. The first kappa shape index (κ1) is 17.9. The standard InChI is InChI=1S/C13H24N2O5S/c1-2-21(19,20)14-11-7-9-15(10-8-11)12(16)5-3-4-6-13(17)18/h11,14H,2-10H2,1H3,(H,17,18). The van der Waals surface area contributed by atoms with Crippen LogP contribution < -0.4 is 4.72 Å². The van der Waals surface area contributed by atoms with Crippen LogP contribution in [0.1, 0.15) is 45.4 Å². The second-order valence-corrected chi connectivity index (χ2v) is 7.32. The maximum Gasteiger partial charge on any atom is 0.303 e. The van der Waals surface area contributed by atoms with Crippen molar-refractivity contribution in [1.82, 2.24) is 9.62 Å². The fourth-order valence-corrected chi connectivity index (χ4v) is 3.20. The van der Waals surface area contributed by atoms with Crippen molar-refractivity contribution in [3.8, 4) is 0 Å². The molecule has 7 nitrogen and oxygen atoms in total. The summed E-state index contributed by atoms with van der Waals surface area (Å²) in [5.41, 5.74) is 0. The van der Waals surface area contributed by atoms with Gasteiger partial charge in [-0.1, -0.05) is 0 Å². The number of carbonyl (C=O) groups is 2. The van der Waals surface area contributed by atoms with Gasteiger partial charge in [0, 0.05) is 32.0 Å². The molecule has 0 aromatic rings. The summed E-state index contributed by atoms with van der Waals surface area (Å²) in [5, 5.41) is 8.52. The highest BCUT2D eigenvalue weighted by atomic mass is 32.2. The third-order valence-electron chi connectivity index (χ3n) is 3.61. The summed E-state index contributed by atoms with van der Waals surface area (Å²) < 4.78 is 25.6. The quantitative estimate of drug-likeness (QED) is 0.636. The molecule has 21 heavy (non-hydrogen) atoms. The summed E-state index contributed by atoms with van der Waals surface area (Å²) in [6.07, 6.45) is 2.79. The van der Waals surface area contributed by atoms with Crippen LogP contribution in [0, 0.1) is 0 Å². The van der Waals surface area contributed by atoms with E-state index in [1.165, 1.54) is 0 Å². The number of nitrogens with one attached hydrogen (secondary N) is 1. The lowest BCUT2D eigenvalue weighted by atomic mass is 10.1. The fraction of sp³-hybridized carbons (Fsp3) is 0.846. The molecule has 2 N–H and O–H groups in total. The smallest absolute Gasteiger partial charge is 0.303 e. The van der Waals surface area contributed by atoms with E-state index in [1.54, 1.807) is 11.8 Å². The van der Waals surface area contributed by atoms with Crippen molar-refractivity contribution in [2.45, 2.75) is 51.5 Å². The van der Waals surface area contributed by atoms with E-state index in [4.69, 9.17) is 5.11 Å². The van der Waals surface area contributed by atoms with Crippen molar-refractivity contribution >= 4 is 21.9 Å². The Hall–Kier alpha value is -1.15. The molecule has 1 aliphatic rings. The molecule has 1 rings (SSSR count). The van der Waals surface area contributed by atoms with E-state index in [9.17, 15) is 18.0 Å². The van der Waals surface area contributed by atoms with Crippen LogP contribution in [0.2, 0.25) is 0 Å². The summed E-state index contributed by atoms with van der Waals surface area (Å²) in [7, 11) is -3.19. The monoisotopic (exact) mass is 320 g/mol. The van der Waals surface area contributed by atoms with Crippen molar-refractivity contribution < 1.29 is 23.1 Å². The molecule has 122 valence electrons. The van der Waals surface area contributed by atoms with E-state index in [1.807, 2.05) is 0 Å². The number of sulfonamides is 1. The van der Waals surface area contributed by atoms with Crippen LogP contribution in [0.4, 0.5) is 0 Å². The zero-order chi connectivity index (χ0) is 15.9. The molecule has 1 heterocycles. The van der Waals surface area contributed by atoms with Gasteiger partial charge in [0.1, 0.15) is 0 Å². The molecule has 8 heteroatoms. The lowest BCUT2D eigenvalue weighted by molar-refractivity contribution is -0.137. The minimum absolute atomic E-state index is 0.0252. The van der Waals surface area contributed by atoms with Crippen LogP contribution in [-0.2, 0) is 19.6 Å². The van der Waals surface area contributed by atoms with Gasteiger partial charge in [-0.2, -0.15) is 0 Å². The van der Waals surface area contributed by atoms with Gasteiger partial charge in [0.25, 0.3) is 0 Å². The number of unbranched alkanes of at least 4 members (excludes halogenated alkanes) is 1. The minimum atomic E-state index is -3.19. The Morgan fingerprint density at radius 1 is 1.19 bits per heavy atom. The number of hydrogen-bond donors (Lipinski definition) is 2. The van der Waals surface area contributed by atoms with E-state index >= 15 is 0 Å². The summed E-state index contributed by atoms with van der Waals surface area (Å²) in [4.78, 5) is 24.0. The third-order valence-corrected chi connectivity index (χ3v) is 5.06. The normalized spacial score (nSPS) is 16.9. The third kappa shape index (κ3) is 6.90. The topological polar surface area (TPSA) is 104 Å². The van der Waals surface area contributed by atoms with Crippen molar-refractivity contribution in [3.05, 3.63) is 0 Å². The molecule has 0 aromatic heterocycles. The molecule has 0 spiro atoms. The number of carboxylic acids is 1. The average molecular weight is 320 g/mol. The Morgan fingerprint density at radius 2 is 1.76 bits per heavy atom. The molecular weight excluding hydrogens is 296 g/mol. The van der Waals surface area contributed by atoms with Gasteiger partial charge in [0.15, 0.2) is 0 Å². The number of nitrogens with zero attached hydrogens (tertiary/aromatic N) is 1. The SMILES string of the molecule is CCS(=O)(=O)NC1CCN(C(=O)CCCCC(=O)O)CC1. The molecule has 0 aliphatic carbocycles. The van der Waals surface area contributed by atoms with Crippen molar-refractivity contribution in [3.63, 3.8) is 0 Å². The van der Waals surface area contributed by atoms with E-state index in [-0.39, 0.29) is 24.1 Å². The number of piperidine rings is 1. The van der Waals surface area contributed by atoms with Gasteiger partial charge in [-0.15, -0.1) is 0 Å². The van der Waals surface area contributed by atoms with Gasteiger partial charge in [-0.3, -0.25) is 9.59 Å². The van der Waals surface area contributed by atoms with Crippen LogP contribution in [0.15, 0.2) is 0 Å². The molecule has 0 aromatic carbocycles. The second-order valence-electron chi connectivity index (χ2n) is 5.28. The largest absolute Gasteiger partial charge is 0.481 e. The fourth-order valence-electron chi connectivity index (χ4n) is 2.29. The van der Waals surface area contributed by atoms with Gasteiger partial charge in [0.05, 0.1) is 5.75 Å². The van der Waals surface area contributed by atoms with Crippen molar-refractivity contribution in [1.29, 1.82) is 0 Å². The maximum atomic E-state index is 11.9. The highest BCUT2D eigenvalue weighted by Crippen LogP contribution is 2.13. The highest BCUT2D eigenvalue weighted by Gasteiger charge is 2.24. The predicted molar refractivity (Wildman–Crippen MR) is 78.3 cm³/mol. The Labute approximate surface area is 125 Å². The van der Waals surface area contributed by atoms with E-state index in [0.717, 1.165) is 0 Å². The Kier molecular flexibility index (Phi) is 7.10. The van der Waals surface area contributed by atoms with Crippen molar-refractivity contribution in [2.75, 3.05) is 18.8 Å². The van der Waals surface area contributed by atoms with Gasteiger partial charge < -0.3 is 10.0 Å². The molecular formula is C13H24N2O5S. The first-order valence-corrected chi connectivity index (χ1v) is 8.99. The molecule has 0 saturated carbocycles. The number of hydrogen-bond acceptors (Lipinski definition) is 4. The lowest BCUT2D eigenvalue weighted by Gasteiger charge is -2.32. The first-order chi connectivity index (χ1) is 9.84. The number of amides is 1. The van der Waals surface area contributed by atoms with Gasteiger partial charge in [0.2, 0.25) is 15.9 Å². The molecule has 1 fully saturated rings. The molecule has 1 saturated heterocycles. The average Bonchev–Trinajstić information content (AvgIpc) is 2.43. The molecule has 0 unspecified atom stereocenters. The molecule has 0 atom stereocenters. The van der Waals surface area contributed by atoms with Crippen molar-refractivity contribution in [2.24, 2.45) is 0 Å². The van der Waals surface area contributed by atoms with E-state index in [2.05, 4.69) is 4.72 Å². The molecule has 1 aliphatic heterocycles. The Balaban J connectivity index is 2.26. The zero-order valence-electron chi connectivity index (χ0n) is 12.4. The highest BCUT2D eigenvalue weighted by molar-refractivity contribution is 7.89. The Bertz CT molecular complexity index is 455. The van der Waals surface area contributed by atoms with E-state index in [0.29, 0.717) is 45.2 Å². The number of likely N-dealkylation sites (tertiary alicyclic amines) is 1. The molecule has 0 bridgehead atoms.